The quantitative estimate of drug-likeness (QED) is 0.231. The highest BCUT2D eigenvalue weighted by atomic mass is 19.3. The van der Waals surface area contributed by atoms with Crippen molar-refractivity contribution in [2.45, 2.75) is 32.8 Å². The van der Waals surface area contributed by atoms with Gasteiger partial charge in [0.2, 0.25) is 5.89 Å². The van der Waals surface area contributed by atoms with Crippen molar-refractivity contribution in [2.75, 3.05) is 6.61 Å². The van der Waals surface area contributed by atoms with Crippen LogP contribution in [-0.2, 0) is 6.42 Å². The predicted octanol–water partition coefficient (Wildman–Crippen LogP) is 5.42. The lowest BCUT2D eigenvalue weighted by Gasteiger charge is -2.12. The molecular weight excluding hydrogens is 406 g/mol. The number of halogens is 2. The molecule has 2 heterocycles. The number of Topliss-reactive ketones (excluding diaryl/α,β-unsaturated/α-hetero) is 1. The summed E-state index contributed by atoms with van der Waals surface area (Å²) in [7, 11) is 0. The number of nitrogens with zero attached hydrogens (tertiary/aromatic N) is 2. The van der Waals surface area contributed by atoms with E-state index in [1.807, 2.05) is 13.0 Å². The number of pyridine rings is 1. The second kappa shape index (κ2) is 10.5. The van der Waals surface area contributed by atoms with Gasteiger partial charge in [0.05, 0.1) is 12.3 Å². The number of rotatable bonds is 11. The number of ketones is 1. The molecule has 0 amide bonds. The van der Waals surface area contributed by atoms with Crippen molar-refractivity contribution in [1.29, 1.82) is 0 Å². The van der Waals surface area contributed by atoms with Gasteiger partial charge in [0.15, 0.2) is 17.3 Å². The Bertz CT molecular complexity index is 1050. The minimum atomic E-state index is -2.97. The molecule has 0 unspecified atom stereocenters. The van der Waals surface area contributed by atoms with Crippen LogP contribution >= 0.6 is 0 Å². The topological polar surface area (TPSA) is 74.5 Å². The average Bonchev–Trinajstić information content (AvgIpc) is 3.22. The van der Waals surface area contributed by atoms with Crippen molar-refractivity contribution < 1.29 is 27.5 Å². The summed E-state index contributed by atoms with van der Waals surface area (Å²) in [6.45, 7) is 2.73. The van der Waals surface area contributed by atoms with E-state index in [0.29, 0.717) is 29.8 Å². The molecule has 0 N–H and O–H groups in total. The second-order valence-corrected chi connectivity index (χ2v) is 6.70. The molecule has 31 heavy (non-hydrogen) atoms. The highest BCUT2D eigenvalue weighted by Gasteiger charge is 2.16. The third-order valence-corrected chi connectivity index (χ3v) is 4.42. The summed E-state index contributed by atoms with van der Waals surface area (Å²) in [4.78, 5) is 20.9. The van der Waals surface area contributed by atoms with Gasteiger partial charge in [-0.1, -0.05) is 12.1 Å². The standard InChI is InChI=1S/C23H22F2N2O4/c1-3-4-12-29-20-13-16(7-10-19(20)31-23(24)25)22-27-17(14-30-22)8-9-18(28)21-15(2)6-5-11-26-21/h3,5-7,10-11,13-14,23H,1,4,8-9,12H2,2H3. The van der Waals surface area contributed by atoms with Gasteiger partial charge in [0.1, 0.15) is 12.0 Å². The molecule has 6 nitrogen and oxygen atoms in total. The fourth-order valence-electron chi connectivity index (χ4n) is 2.89. The van der Waals surface area contributed by atoms with Gasteiger partial charge in [-0.05, 0) is 43.2 Å². The summed E-state index contributed by atoms with van der Waals surface area (Å²) in [5, 5.41) is 0. The first-order chi connectivity index (χ1) is 15.0. The summed E-state index contributed by atoms with van der Waals surface area (Å²) in [5.41, 5.74) is 2.40. The molecule has 2 aromatic heterocycles. The van der Waals surface area contributed by atoms with Crippen LogP contribution in [0.4, 0.5) is 8.78 Å². The highest BCUT2D eigenvalue weighted by Crippen LogP contribution is 2.33. The molecule has 0 saturated carbocycles. The molecule has 3 aromatic rings. The van der Waals surface area contributed by atoms with Gasteiger partial charge in [-0.25, -0.2) is 4.98 Å². The summed E-state index contributed by atoms with van der Waals surface area (Å²) < 4.78 is 40.9. The lowest BCUT2D eigenvalue weighted by molar-refractivity contribution is -0.0514. The van der Waals surface area contributed by atoms with E-state index in [1.165, 1.54) is 18.4 Å². The van der Waals surface area contributed by atoms with E-state index in [9.17, 15) is 13.6 Å². The monoisotopic (exact) mass is 428 g/mol. The van der Waals surface area contributed by atoms with Crippen molar-refractivity contribution in [2.24, 2.45) is 0 Å². The van der Waals surface area contributed by atoms with E-state index in [4.69, 9.17) is 9.15 Å². The number of hydrogen-bond acceptors (Lipinski definition) is 6. The summed E-state index contributed by atoms with van der Waals surface area (Å²) in [5.74, 6) is 0.286. The Labute approximate surface area is 178 Å². The van der Waals surface area contributed by atoms with Gasteiger partial charge in [-0.3, -0.25) is 9.78 Å². The largest absolute Gasteiger partial charge is 0.489 e. The van der Waals surface area contributed by atoms with Crippen molar-refractivity contribution in [3.63, 3.8) is 0 Å². The third kappa shape index (κ3) is 5.97. The second-order valence-electron chi connectivity index (χ2n) is 6.70. The number of aromatic nitrogens is 2. The molecule has 3 rings (SSSR count). The average molecular weight is 428 g/mol. The van der Waals surface area contributed by atoms with E-state index < -0.39 is 6.61 Å². The minimum Gasteiger partial charge on any atom is -0.489 e. The van der Waals surface area contributed by atoms with Gasteiger partial charge in [-0.2, -0.15) is 8.78 Å². The fraction of sp³-hybridized carbons (Fsp3) is 0.261. The maximum absolute atomic E-state index is 12.7. The van der Waals surface area contributed by atoms with Crippen molar-refractivity contribution in [3.8, 4) is 23.0 Å². The number of benzene rings is 1. The maximum Gasteiger partial charge on any atom is 0.387 e. The van der Waals surface area contributed by atoms with Crippen molar-refractivity contribution in [1.82, 2.24) is 9.97 Å². The Morgan fingerprint density at radius 3 is 2.87 bits per heavy atom. The van der Waals surface area contributed by atoms with Gasteiger partial charge >= 0.3 is 6.61 Å². The molecule has 0 fully saturated rings. The molecule has 0 atom stereocenters. The normalized spacial score (nSPS) is 10.8. The minimum absolute atomic E-state index is 0.0749. The Kier molecular flexibility index (Phi) is 7.48. The summed E-state index contributed by atoms with van der Waals surface area (Å²) in [6.07, 6.45) is 5.88. The lowest BCUT2D eigenvalue weighted by atomic mass is 10.1. The maximum atomic E-state index is 12.7. The molecule has 0 saturated heterocycles. The Balaban J connectivity index is 1.71. The molecule has 162 valence electrons. The number of ether oxygens (including phenoxy) is 2. The summed E-state index contributed by atoms with van der Waals surface area (Å²) >= 11 is 0. The Morgan fingerprint density at radius 1 is 1.29 bits per heavy atom. The van der Waals surface area contributed by atoms with E-state index in [2.05, 4.69) is 21.3 Å². The van der Waals surface area contributed by atoms with Crippen LogP contribution in [0.3, 0.4) is 0 Å². The lowest BCUT2D eigenvalue weighted by Crippen LogP contribution is -2.06. The van der Waals surface area contributed by atoms with Crippen molar-refractivity contribution in [3.05, 3.63) is 72.4 Å². The van der Waals surface area contributed by atoms with Crippen LogP contribution in [0.25, 0.3) is 11.5 Å². The molecule has 0 aliphatic heterocycles. The molecule has 8 heteroatoms. The number of oxazole rings is 1. The highest BCUT2D eigenvalue weighted by molar-refractivity contribution is 5.95. The van der Waals surface area contributed by atoms with Crippen molar-refractivity contribution >= 4 is 5.78 Å². The molecule has 0 aliphatic rings. The number of carbonyl (C=O) groups is 1. The van der Waals surface area contributed by atoms with Gasteiger partial charge in [0, 0.05) is 24.6 Å². The number of carbonyl (C=O) groups excluding carboxylic acids is 1. The van der Waals surface area contributed by atoms with Crippen LogP contribution in [0.5, 0.6) is 11.5 Å². The molecule has 0 aliphatic carbocycles. The zero-order chi connectivity index (χ0) is 22.2. The molecule has 1 aromatic carbocycles. The van der Waals surface area contributed by atoms with Crippen LogP contribution in [0.1, 0.15) is 34.6 Å². The zero-order valence-corrected chi connectivity index (χ0v) is 17.0. The van der Waals surface area contributed by atoms with Gasteiger partial charge < -0.3 is 13.9 Å². The van der Waals surface area contributed by atoms with Crippen LogP contribution in [0.2, 0.25) is 0 Å². The van der Waals surface area contributed by atoms with Crippen LogP contribution in [-0.4, -0.2) is 29.0 Å². The SMILES string of the molecule is C=CCCOc1cc(-c2nc(CCC(=O)c3ncccc3C)co2)ccc1OC(F)F. The molecule has 0 spiro atoms. The number of alkyl halides is 2. The first-order valence-corrected chi connectivity index (χ1v) is 9.70. The zero-order valence-electron chi connectivity index (χ0n) is 17.0. The Morgan fingerprint density at radius 2 is 2.13 bits per heavy atom. The van der Waals surface area contributed by atoms with E-state index >= 15 is 0 Å². The first-order valence-electron chi connectivity index (χ1n) is 9.70. The summed E-state index contributed by atoms with van der Waals surface area (Å²) in [6, 6.07) is 8.07. The van der Waals surface area contributed by atoms with E-state index in [-0.39, 0.29) is 36.2 Å². The number of aryl methyl sites for hydroxylation is 2. The fourth-order valence-corrected chi connectivity index (χ4v) is 2.89. The van der Waals surface area contributed by atoms with E-state index in [1.54, 1.807) is 24.4 Å². The van der Waals surface area contributed by atoms with Crippen LogP contribution in [0.15, 0.2) is 59.9 Å². The molecular formula is C23H22F2N2O4. The first kappa shape index (κ1) is 22.1. The van der Waals surface area contributed by atoms with Crippen LogP contribution in [0, 0.1) is 6.92 Å². The predicted molar refractivity (Wildman–Crippen MR) is 111 cm³/mol. The third-order valence-electron chi connectivity index (χ3n) is 4.42. The van der Waals surface area contributed by atoms with E-state index in [0.717, 1.165) is 5.56 Å². The number of hydrogen-bond donors (Lipinski definition) is 0. The van der Waals surface area contributed by atoms with Gasteiger partial charge in [-0.15, -0.1) is 6.58 Å². The molecule has 0 radical (unpaired) electrons. The van der Waals surface area contributed by atoms with Crippen LogP contribution < -0.4 is 9.47 Å². The molecule has 0 bridgehead atoms. The smallest absolute Gasteiger partial charge is 0.387 e. The Hall–Kier alpha value is -3.55. The van der Waals surface area contributed by atoms with Gasteiger partial charge in [0.25, 0.3) is 0 Å².